The van der Waals surface area contributed by atoms with Crippen LogP contribution in [0.15, 0.2) is 24.3 Å². The van der Waals surface area contributed by atoms with Crippen molar-refractivity contribution in [3.05, 3.63) is 35.6 Å². The number of hydrogen-bond donors (Lipinski definition) is 0. The molecule has 29 heavy (non-hydrogen) atoms. The highest BCUT2D eigenvalue weighted by molar-refractivity contribution is 5.84. The van der Waals surface area contributed by atoms with Crippen molar-refractivity contribution in [2.45, 2.75) is 46.6 Å². The van der Waals surface area contributed by atoms with E-state index in [4.69, 9.17) is 0 Å². The van der Waals surface area contributed by atoms with Gasteiger partial charge in [-0.25, -0.2) is 4.39 Å². The van der Waals surface area contributed by atoms with Gasteiger partial charge in [-0.3, -0.25) is 14.5 Å². The second kappa shape index (κ2) is 9.24. The van der Waals surface area contributed by atoms with E-state index < -0.39 is 5.41 Å². The van der Waals surface area contributed by atoms with Crippen LogP contribution in [0.25, 0.3) is 0 Å². The quantitative estimate of drug-likeness (QED) is 0.779. The van der Waals surface area contributed by atoms with Crippen LogP contribution in [0.4, 0.5) is 4.39 Å². The first-order valence-corrected chi connectivity index (χ1v) is 10.8. The zero-order valence-electron chi connectivity index (χ0n) is 18.0. The van der Waals surface area contributed by atoms with Crippen molar-refractivity contribution >= 4 is 11.8 Å². The lowest BCUT2D eigenvalue weighted by molar-refractivity contribution is -0.145. The first kappa shape index (κ1) is 21.8. The van der Waals surface area contributed by atoms with E-state index in [2.05, 4.69) is 4.90 Å². The van der Waals surface area contributed by atoms with Crippen molar-refractivity contribution in [1.29, 1.82) is 0 Å². The summed E-state index contributed by atoms with van der Waals surface area (Å²) in [6.07, 6.45) is 2.69. The molecule has 2 fully saturated rings. The maximum Gasteiger partial charge on any atom is 0.227 e. The van der Waals surface area contributed by atoms with Crippen molar-refractivity contribution in [3.63, 3.8) is 0 Å². The molecule has 2 saturated heterocycles. The maximum atomic E-state index is 13.2. The summed E-state index contributed by atoms with van der Waals surface area (Å²) in [5.74, 6) is 0.0305. The Labute approximate surface area is 173 Å². The van der Waals surface area contributed by atoms with Gasteiger partial charge in [-0.05, 0) is 37.0 Å². The fourth-order valence-corrected chi connectivity index (χ4v) is 4.29. The normalized spacial score (nSPS) is 21.7. The highest BCUT2D eigenvalue weighted by Gasteiger charge is 2.35. The predicted octanol–water partition coefficient (Wildman–Crippen LogP) is 3.14. The smallest absolute Gasteiger partial charge is 0.227 e. The summed E-state index contributed by atoms with van der Waals surface area (Å²) < 4.78 is 13.1. The third kappa shape index (κ3) is 5.78. The Kier molecular flexibility index (Phi) is 6.93. The predicted molar refractivity (Wildman–Crippen MR) is 112 cm³/mol. The molecule has 1 unspecified atom stereocenters. The Bertz CT molecular complexity index is 714. The molecule has 0 saturated carbocycles. The number of halogens is 1. The first-order valence-electron chi connectivity index (χ1n) is 10.8. The summed E-state index contributed by atoms with van der Waals surface area (Å²) in [6, 6.07) is 6.64. The zero-order chi connectivity index (χ0) is 21.0. The molecule has 1 atom stereocenters. The average molecular weight is 404 g/mol. The molecule has 160 valence electrons. The lowest BCUT2D eigenvalue weighted by Crippen LogP contribution is -2.50. The SMILES string of the molecule is CC(C)(C)C(=O)N1CCCC(C(=O)N2CCCN(Cc3ccc(F)cc3)CC2)C1. The van der Waals surface area contributed by atoms with Gasteiger partial charge in [-0.15, -0.1) is 0 Å². The van der Waals surface area contributed by atoms with Crippen molar-refractivity contribution in [1.82, 2.24) is 14.7 Å². The molecule has 2 aliphatic rings. The summed E-state index contributed by atoms with van der Waals surface area (Å²) in [4.78, 5) is 32.0. The van der Waals surface area contributed by atoms with E-state index in [0.717, 1.165) is 57.5 Å². The Morgan fingerprint density at radius 3 is 2.34 bits per heavy atom. The summed E-state index contributed by atoms with van der Waals surface area (Å²) in [6.45, 7) is 11.1. The number of benzene rings is 1. The van der Waals surface area contributed by atoms with Crippen LogP contribution in [-0.4, -0.2) is 65.8 Å². The summed E-state index contributed by atoms with van der Waals surface area (Å²) in [7, 11) is 0. The van der Waals surface area contributed by atoms with E-state index in [1.165, 1.54) is 12.1 Å². The van der Waals surface area contributed by atoms with E-state index >= 15 is 0 Å². The van der Waals surface area contributed by atoms with E-state index in [-0.39, 0.29) is 23.5 Å². The van der Waals surface area contributed by atoms with Gasteiger partial charge in [-0.1, -0.05) is 32.9 Å². The molecule has 0 radical (unpaired) electrons. The minimum atomic E-state index is -0.408. The van der Waals surface area contributed by atoms with Gasteiger partial charge in [0.1, 0.15) is 5.82 Å². The number of carbonyl (C=O) groups is 2. The van der Waals surface area contributed by atoms with Gasteiger partial charge in [0.2, 0.25) is 11.8 Å². The monoisotopic (exact) mass is 403 g/mol. The Morgan fingerprint density at radius 2 is 1.66 bits per heavy atom. The molecule has 2 heterocycles. The third-order valence-electron chi connectivity index (χ3n) is 5.92. The third-order valence-corrected chi connectivity index (χ3v) is 5.92. The van der Waals surface area contributed by atoms with Gasteiger partial charge in [0, 0.05) is 51.2 Å². The van der Waals surface area contributed by atoms with Crippen LogP contribution < -0.4 is 0 Å². The number of carbonyl (C=O) groups excluding carboxylic acids is 2. The van der Waals surface area contributed by atoms with Crippen LogP contribution in [0.2, 0.25) is 0 Å². The molecule has 3 rings (SSSR count). The van der Waals surface area contributed by atoms with Gasteiger partial charge >= 0.3 is 0 Å². The molecule has 6 heteroatoms. The van der Waals surface area contributed by atoms with E-state index in [9.17, 15) is 14.0 Å². The lowest BCUT2D eigenvalue weighted by atomic mass is 9.90. The Balaban J connectivity index is 1.54. The van der Waals surface area contributed by atoms with Gasteiger partial charge in [0.15, 0.2) is 0 Å². The van der Waals surface area contributed by atoms with Crippen molar-refractivity contribution < 1.29 is 14.0 Å². The largest absolute Gasteiger partial charge is 0.341 e. The summed E-state index contributed by atoms with van der Waals surface area (Å²) in [5.41, 5.74) is 0.684. The molecule has 1 aromatic rings. The number of hydrogen-bond acceptors (Lipinski definition) is 3. The van der Waals surface area contributed by atoms with E-state index in [1.54, 1.807) is 0 Å². The molecular weight excluding hydrogens is 369 g/mol. The van der Waals surface area contributed by atoms with E-state index in [1.807, 2.05) is 42.7 Å². The number of likely N-dealkylation sites (tertiary alicyclic amines) is 1. The van der Waals surface area contributed by atoms with Crippen LogP contribution in [0.1, 0.15) is 45.6 Å². The molecule has 0 aliphatic carbocycles. The standard InChI is InChI=1S/C23H34FN3O2/c1-23(2,3)22(29)27-12-4-6-19(17-27)21(28)26-13-5-11-25(14-15-26)16-18-7-9-20(24)10-8-18/h7-10,19H,4-6,11-17H2,1-3H3. The van der Waals surface area contributed by atoms with Gasteiger partial charge in [-0.2, -0.15) is 0 Å². The fourth-order valence-electron chi connectivity index (χ4n) is 4.29. The second-order valence-electron chi connectivity index (χ2n) is 9.42. The van der Waals surface area contributed by atoms with Crippen LogP contribution in [0, 0.1) is 17.2 Å². The maximum absolute atomic E-state index is 13.2. The minimum Gasteiger partial charge on any atom is -0.341 e. The van der Waals surface area contributed by atoms with Gasteiger partial charge in [0.25, 0.3) is 0 Å². The lowest BCUT2D eigenvalue weighted by Gasteiger charge is -2.37. The first-order chi connectivity index (χ1) is 13.7. The highest BCUT2D eigenvalue weighted by Crippen LogP contribution is 2.25. The second-order valence-corrected chi connectivity index (χ2v) is 9.42. The van der Waals surface area contributed by atoms with Gasteiger partial charge < -0.3 is 9.80 Å². The molecule has 0 N–H and O–H groups in total. The summed E-state index contributed by atoms with van der Waals surface area (Å²) in [5, 5.41) is 0. The molecular formula is C23H34FN3O2. The zero-order valence-corrected chi connectivity index (χ0v) is 18.0. The Morgan fingerprint density at radius 1 is 0.966 bits per heavy atom. The van der Waals surface area contributed by atoms with Crippen molar-refractivity contribution in [2.24, 2.45) is 11.3 Å². The van der Waals surface area contributed by atoms with Crippen LogP contribution in [0.3, 0.4) is 0 Å². The van der Waals surface area contributed by atoms with Crippen LogP contribution >= 0.6 is 0 Å². The molecule has 0 aromatic heterocycles. The van der Waals surface area contributed by atoms with Crippen molar-refractivity contribution in [3.8, 4) is 0 Å². The molecule has 5 nitrogen and oxygen atoms in total. The van der Waals surface area contributed by atoms with Crippen LogP contribution in [0.5, 0.6) is 0 Å². The fraction of sp³-hybridized carbons (Fsp3) is 0.652. The average Bonchev–Trinajstić information content (AvgIpc) is 2.93. The highest BCUT2D eigenvalue weighted by atomic mass is 19.1. The molecule has 0 bridgehead atoms. The number of nitrogens with zero attached hydrogens (tertiary/aromatic N) is 3. The number of rotatable bonds is 3. The Hall–Kier alpha value is -1.95. The van der Waals surface area contributed by atoms with E-state index in [0.29, 0.717) is 13.1 Å². The van der Waals surface area contributed by atoms with Gasteiger partial charge in [0.05, 0.1) is 5.92 Å². The van der Waals surface area contributed by atoms with Crippen molar-refractivity contribution in [2.75, 3.05) is 39.3 Å². The molecule has 0 spiro atoms. The topological polar surface area (TPSA) is 43.9 Å². The van der Waals surface area contributed by atoms with Crippen LogP contribution in [-0.2, 0) is 16.1 Å². The molecule has 1 aromatic carbocycles. The molecule has 2 aliphatic heterocycles. The number of amides is 2. The number of piperidine rings is 1. The minimum absolute atomic E-state index is 0.0845. The molecule has 2 amide bonds. The summed E-state index contributed by atoms with van der Waals surface area (Å²) >= 11 is 0.